The van der Waals surface area contributed by atoms with E-state index in [4.69, 9.17) is 5.26 Å². The van der Waals surface area contributed by atoms with Crippen LogP contribution in [-0.2, 0) is 0 Å². The molecule has 5 heteroatoms. The summed E-state index contributed by atoms with van der Waals surface area (Å²) in [5.41, 5.74) is 0.330. The van der Waals surface area contributed by atoms with Crippen LogP contribution >= 0.6 is 0 Å². The highest BCUT2D eigenvalue weighted by atomic mass is 16.1. The van der Waals surface area contributed by atoms with E-state index in [2.05, 4.69) is 10.1 Å². The first kappa shape index (κ1) is 6.61. The Morgan fingerprint density at radius 2 is 2.50 bits per heavy atom. The minimum Gasteiger partial charge on any atom is -0.310 e. The van der Waals surface area contributed by atoms with Crippen molar-refractivity contribution in [2.75, 3.05) is 0 Å². The smallest absolute Gasteiger partial charge is 0.276 e. The number of aromatic nitrogens is 3. The molecular weight excluding hydrogens is 156 g/mol. The van der Waals surface area contributed by atoms with E-state index in [-0.39, 0.29) is 5.56 Å². The first-order chi connectivity index (χ1) is 5.83. The van der Waals surface area contributed by atoms with E-state index in [1.807, 2.05) is 6.07 Å². The molecule has 0 amide bonds. The Labute approximate surface area is 66.9 Å². The van der Waals surface area contributed by atoms with Gasteiger partial charge in [-0.25, -0.2) is 4.52 Å². The van der Waals surface area contributed by atoms with Crippen LogP contribution in [0.2, 0.25) is 0 Å². The van der Waals surface area contributed by atoms with Crippen molar-refractivity contribution in [2.24, 2.45) is 0 Å². The van der Waals surface area contributed by atoms with Gasteiger partial charge in [0.05, 0.1) is 5.56 Å². The zero-order valence-corrected chi connectivity index (χ0v) is 5.98. The van der Waals surface area contributed by atoms with Gasteiger partial charge in [-0.3, -0.25) is 4.79 Å². The van der Waals surface area contributed by atoms with Crippen molar-refractivity contribution in [1.29, 1.82) is 5.26 Å². The third-order valence-corrected chi connectivity index (χ3v) is 1.58. The van der Waals surface area contributed by atoms with E-state index < -0.39 is 0 Å². The van der Waals surface area contributed by atoms with Crippen LogP contribution in [0.3, 0.4) is 0 Å². The van der Waals surface area contributed by atoms with Crippen LogP contribution in [0, 0.1) is 11.3 Å². The van der Waals surface area contributed by atoms with Crippen molar-refractivity contribution < 1.29 is 0 Å². The molecule has 2 aromatic rings. The zero-order chi connectivity index (χ0) is 8.55. The van der Waals surface area contributed by atoms with E-state index in [0.29, 0.717) is 11.1 Å². The van der Waals surface area contributed by atoms with E-state index in [1.165, 1.54) is 10.8 Å². The third kappa shape index (κ3) is 0.720. The van der Waals surface area contributed by atoms with Gasteiger partial charge in [-0.2, -0.15) is 10.4 Å². The van der Waals surface area contributed by atoms with Gasteiger partial charge in [0.2, 0.25) is 0 Å². The number of nitrogens with one attached hydrogen (secondary N) is 1. The molecule has 0 fully saturated rings. The fraction of sp³-hybridized carbons (Fsp3) is 0. The molecule has 12 heavy (non-hydrogen) atoms. The summed E-state index contributed by atoms with van der Waals surface area (Å²) >= 11 is 0. The molecule has 0 aliphatic heterocycles. The van der Waals surface area contributed by atoms with E-state index in [0.717, 1.165) is 0 Å². The molecular formula is C7H4N4O. The molecule has 0 aliphatic rings. The maximum Gasteiger partial charge on any atom is 0.276 e. The molecule has 5 nitrogen and oxygen atoms in total. The number of nitrogens with zero attached hydrogens (tertiary/aromatic N) is 3. The van der Waals surface area contributed by atoms with Gasteiger partial charge in [-0.15, -0.1) is 0 Å². The Morgan fingerprint density at radius 3 is 3.25 bits per heavy atom. The summed E-state index contributed by atoms with van der Waals surface area (Å²) < 4.78 is 1.37. The average molecular weight is 160 g/mol. The maximum absolute atomic E-state index is 11.2. The van der Waals surface area contributed by atoms with Gasteiger partial charge in [0, 0.05) is 6.20 Å². The van der Waals surface area contributed by atoms with Gasteiger partial charge >= 0.3 is 0 Å². The first-order valence-corrected chi connectivity index (χ1v) is 3.28. The molecule has 0 unspecified atom stereocenters. The fourth-order valence-corrected chi connectivity index (χ4v) is 1.05. The number of aromatic amines is 1. The van der Waals surface area contributed by atoms with Crippen LogP contribution in [0.5, 0.6) is 0 Å². The normalized spacial score (nSPS) is 9.92. The van der Waals surface area contributed by atoms with Crippen LogP contribution < -0.4 is 5.56 Å². The largest absolute Gasteiger partial charge is 0.310 e. The second-order valence-corrected chi connectivity index (χ2v) is 2.25. The lowest BCUT2D eigenvalue weighted by Crippen LogP contribution is -2.10. The molecule has 0 saturated heterocycles. The summed E-state index contributed by atoms with van der Waals surface area (Å²) in [6, 6.07) is 3.46. The van der Waals surface area contributed by atoms with Gasteiger partial charge in [0.25, 0.3) is 5.56 Å². The molecule has 2 aromatic heterocycles. The molecule has 0 spiro atoms. The molecule has 0 saturated carbocycles. The molecule has 0 bridgehead atoms. The first-order valence-electron chi connectivity index (χ1n) is 3.28. The molecule has 0 aromatic carbocycles. The maximum atomic E-state index is 11.2. The number of hydrogen-bond donors (Lipinski definition) is 1. The summed E-state index contributed by atoms with van der Waals surface area (Å²) in [6.07, 6.45) is 2.86. The third-order valence-electron chi connectivity index (χ3n) is 1.58. The van der Waals surface area contributed by atoms with E-state index in [1.54, 1.807) is 12.3 Å². The summed E-state index contributed by atoms with van der Waals surface area (Å²) in [5.74, 6) is 0. The highest BCUT2D eigenvalue weighted by Gasteiger charge is 2.04. The average Bonchev–Trinajstić information content (AvgIpc) is 2.49. The van der Waals surface area contributed by atoms with Crippen molar-refractivity contribution >= 4 is 5.52 Å². The molecule has 58 valence electrons. The van der Waals surface area contributed by atoms with Gasteiger partial charge in [-0.05, 0) is 6.07 Å². The molecule has 1 N–H and O–H groups in total. The summed E-state index contributed by atoms with van der Waals surface area (Å²) in [5, 5.41) is 12.4. The van der Waals surface area contributed by atoms with Gasteiger partial charge in [-0.1, -0.05) is 0 Å². The Morgan fingerprint density at radius 1 is 1.67 bits per heavy atom. The summed E-state index contributed by atoms with van der Waals surface area (Å²) in [6.45, 7) is 0. The van der Waals surface area contributed by atoms with Gasteiger partial charge in [0.1, 0.15) is 17.9 Å². The monoisotopic (exact) mass is 160 g/mol. The minimum absolute atomic E-state index is 0.292. The minimum atomic E-state index is -0.299. The molecule has 2 rings (SSSR count). The molecule has 0 radical (unpaired) electrons. The number of fused-ring (bicyclic) bond motifs is 1. The Kier molecular flexibility index (Phi) is 1.21. The molecule has 2 heterocycles. The number of nitriles is 1. The van der Waals surface area contributed by atoms with Crippen LogP contribution in [0.1, 0.15) is 5.56 Å². The topological polar surface area (TPSA) is 74.0 Å². The van der Waals surface area contributed by atoms with Crippen LogP contribution in [0.15, 0.2) is 23.4 Å². The second-order valence-electron chi connectivity index (χ2n) is 2.25. The Balaban J connectivity index is 3.05. The van der Waals surface area contributed by atoms with Crippen LogP contribution in [0.25, 0.3) is 5.52 Å². The van der Waals surface area contributed by atoms with Gasteiger partial charge < -0.3 is 4.98 Å². The van der Waals surface area contributed by atoms with Crippen molar-refractivity contribution in [2.45, 2.75) is 0 Å². The van der Waals surface area contributed by atoms with E-state index >= 15 is 0 Å². The Bertz CT molecular complexity index is 516. The summed E-state index contributed by atoms with van der Waals surface area (Å²) in [7, 11) is 0. The van der Waals surface area contributed by atoms with Crippen molar-refractivity contribution in [3.05, 3.63) is 34.5 Å². The summed E-state index contributed by atoms with van der Waals surface area (Å²) in [4.78, 5) is 13.5. The van der Waals surface area contributed by atoms with Crippen molar-refractivity contribution in [1.82, 2.24) is 14.6 Å². The second kappa shape index (κ2) is 2.20. The molecule has 0 aliphatic carbocycles. The quantitative estimate of drug-likeness (QED) is 0.584. The van der Waals surface area contributed by atoms with Gasteiger partial charge in [0.15, 0.2) is 0 Å². The number of rotatable bonds is 0. The fourth-order valence-electron chi connectivity index (χ4n) is 1.05. The number of H-pyrrole nitrogens is 1. The molecule has 0 atom stereocenters. The lowest BCUT2D eigenvalue weighted by atomic mass is 10.3. The van der Waals surface area contributed by atoms with Crippen LogP contribution in [-0.4, -0.2) is 14.6 Å². The lowest BCUT2D eigenvalue weighted by Gasteiger charge is -1.89. The van der Waals surface area contributed by atoms with Crippen molar-refractivity contribution in [3.8, 4) is 6.07 Å². The predicted octanol–water partition coefficient (Wildman–Crippen LogP) is -0.106. The highest BCUT2D eigenvalue weighted by Crippen LogP contribution is 2.03. The predicted molar refractivity (Wildman–Crippen MR) is 40.5 cm³/mol. The standard InChI is InChI=1S/C7H4N4O/c8-3-5-1-2-11-6(5)7(12)9-4-10-11/h1-2,4H,(H,9,10,12). The lowest BCUT2D eigenvalue weighted by molar-refractivity contribution is 0.888. The van der Waals surface area contributed by atoms with Crippen molar-refractivity contribution in [3.63, 3.8) is 0 Å². The van der Waals surface area contributed by atoms with E-state index in [9.17, 15) is 4.79 Å². The Hall–Kier alpha value is -2.09. The highest BCUT2D eigenvalue weighted by molar-refractivity contribution is 5.58. The number of hydrogen-bond acceptors (Lipinski definition) is 3. The zero-order valence-electron chi connectivity index (χ0n) is 5.98. The SMILES string of the molecule is N#Cc1ccn2nc[nH]c(=O)c12. The van der Waals surface area contributed by atoms with Crippen LogP contribution in [0.4, 0.5) is 0 Å².